The van der Waals surface area contributed by atoms with Crippen molar-refractivity contribution in [2.45, 2.75) is 51.1 Å². The third kappa shape index (κ3) is 2.67. The lowest BCUT2D eigenvalue weighted by Gasteiger charge is -2.50. The number of piperazine rings is 1. The molecule has 104 valence electrons. The molecule has 1 aliphatic heterocycles. The molecule has 1 aliphatic carbocycles. The molecule has 1 saturated carbocycles. The van der Waals surface area contributed by atoms with Gasteiger partial charge in [-0.2, -0.15) is 0 Å². The molecular weight excluding hydrogens is 234 g/mol. The lowest BCUT2D eigenvalue weighted by molar-refractivity contribution is 0.0207. The van der Waals surface area contributed by atoms with Crippen molar-refractivity contribution in [1.29, 1.82) is 0 Å². The molecule has 1 aromatic heterocycles. The third-order valence-corrected chi connectivity index (χ3v) is 4.98. The number of nitrogens with one attached hydrogen (secondary N) is 1. The fourth-order valence-electron chi connectivity index (χ4n) is 3.70. The third-order valence-electron chi connectivity index (χ3n) is 4.98. The minimum absolute atomic E-state index is 0.415. The van der Waals surface area contributed by atoms with E-state index in [0.717, 1.165) is 13.1 Å². The van der Waals surface area contributed by atoms with Gasteiger partial charge in [-0.1, -0.05) is 19.3 Å². The Labute approximate surface area is 116 Å². The van der Waals surface area contributed by atoms with Crippen LogP contribution in [0.4, 0.5) is 0 Å². The zero-order chi connectivity index (χ0) is 13.1. The molecule has 2 heterocycles. The summed E-state index contributed by atoms with van der Waals surface area (Å²) < 4.78 is 0. The van der Waals surface area contributed by atoms with Crippen LogP contribution in [0.1, 0.15) is 43.2 Å². The molecule has 0 atom stereocenters. The minimum Gasteiger partial charge on any atom is -0.314 e. The monoisotopic (exact) mass is 259 g/mol. The molecule has 3 nitrogen and oxygen atoms in total. The number of hydrogen-bond acceptors (Lipinski definition) is 3. The van der Waals surface area contributed by atoms with E-state index in [1.165, 1.54) is 56.3 Å². The van der Waals surface area contributed by atoms with Gasteiger partial charge in [0, 0.05) is 44.1 Å². The summed E-state index contributed by atoms with van der Waals surface area (Å²) in [4.78, 5) is 7.03. The van der Waals surface area contributed by atoms with Crippen molar-refractivity contribution in [2.24, 2.45) is 0 Å². The Kier molecular flexibility index (Phi) is 3.85. The summed E-state index contributed by atoms with van der Waals surface area (Å²) in [6.07, 6.45) is 10.9. The molecule has 2 fully saturated rings. The lowest BCUT2D eigenvalue weighted by Crippen LogP contribution is -2.61. The second-order valence-electron chi connectivity index (χ2n) is 6.19. The first kappa shape index (κ1) is 13.1. The van der Waals surface area contributed by atoms with Crippen molar-refractivity contribution in [3.8, 4) is 0 Å². The number of rotatable bonds is 2. The number of pyridine rings is 1. The molecule has 0 amide bonds. The van der Waals surface area contributed by atoms with E-state index >= 15 is 0 Å². The molecular formula is C16H25N3. The van der Waals surface area contributed by atoms with E-state index < -0.39 is 0 Å². The Hall–Kier alpha value is -0.930. The zero-order valence-electron chi connectivity index (χ0n) is 12.0. The van der Waals surface area contributed by atoms with Crippen LogP contribution >= 0.6 is 0 Å². The number of nitrogens with zero attached hydrogens (tertiary/aromatic N) is 2. The van der Waals surface area contributed by atoms with Crippen LogP contribution in [0.3, 0.4) is 0 Å². The van der Waals surface area contributed by atoms with Crippen LogP contribution in [0.2, 0.25) is 0 Å². The molecule has 1 aromatic rings. The molecule has 0 bridgehead atoms. The summed E-state index contributed by atoms with van der Waals surface area (Å²) in [5.74, 6) is 0. The SMILES string of the molecule is Cc1ccncc1CN1CCNCC12CCCCC2. The second-order valence-corrected chi connectivity index (χ2v) is 6.19. The van der Waals surface area contributed by atoms with Crippen LogP contribution in [0, 0.1) is 6.92 Å². The van der Waals surface area contributed by atoms with Crippen molar-refractivity contribution >= 4 is 0 Å². The molecule has 1 saturated heterocycles. The van der Waals surface area contributed by atoms with Gasteiger partial charge in [0.2, 0.25) is 0 Å². The highest BCUT2D eigenvalue weighted by molar-refractivity contribution is 5.22. The quantitative estimate of drug-likeness (QED) is 0.884. The van der Waals surface area contributed by atoms with Crippen molar-refractivity contribution < 1.29 is 0 Å². The van der Waals surface area contributed by atoms with Crippen LogP contribution in [-0.4, -0.2) is 35.1 Å². The predicted octanol–water partition coefficient (Wildman–Crippen LogP) is 2.50. The average molecular weight is 259 g/mol. The van der Waals surface area contributed by atoms with Gasteiger partial charge >= 0.3 is 0 Å². The number of aromatic nitrogens is 1. The number of aryl methyl sites for hydroxylation is 1. The average Bonchev–Trinajstić information content (AvgIpc) is 2.45. The Bertz CT molecular complexity index is 415. The summed E-state index contributed by atoms with van der Waals surface area (Å²) in [6.45, 7) is 6.75. The van der Waals surface area contributed by atoms with Gasteiger partial charge in [0.05, 0.1) is 0 Å². The van der Waals surface area contributed by atoms with Gasteiger partial charge < -0.3 is 5.32 Å². The first-order valence-corrected chi connectivity index (χ1v) is 7.65. The first-order chi connectivity index (χ1) is 9.30. The molecule has 1 N–H and O–H groups in total. The molecule has 3 rings (SSSR count). The highest BCUT2D eigenvalue weighted by atomic mass is 15.3. The van der Waals surface area contributed by atoms with Gasteiger partial charge in [0.1, 0.15) is 0 Å². The van der Waals surface area contributed by atoms with E-state index in [0.29, 0.717) is 5.54 Å². The molecule has 0 aromatic carbocycles. The lowest BCUT2D eigenvalue weighted by atomic mass is 9.79. The van der Waals surface area contributed by atoms with E-state index in [9.17, 15) is 0 Å². The molecule has 3 heteroatoms. The Morgan fingerprint density at radius 3 is 2.95 bits per heavy atom. The van der Waals surface area contributed by atoms with Gasteiger partial charge in [0.15, 0.2) is 0 Å². The second kappa shape index (κ2) is 5.59. The van der Waals surface area contributed by atoms with Gasteiger partial charge in [-0.05, 0) is 37.0 Å². The topological polar surface area (TPSA) is 28.2 Å². The minimum atomic E-state index is 0.415. The maximum absolute atomic E-state index is 4.30. The Morgan fingerprint density at radius 2 is 2.16 bits per heavy atom. The zero-order valence-corrected chi connectivity index (χ0v) is 12.0. The maximum Gasteiger partial charge on any atom is 0.0338 e. The van der Waals surface area contributed by atoms with Gasteiger partial charge in [-0.15, -0.1) is 0 Å². The van der Waals surface area contributed by atoms with Crippen LogP contribution in [-0.2, 0) is 6.54 Å². The van der Waals surface area contributed by atoms with Crippen molar-refractivity contribution in [1.82, 2.24) is 15.2 Å². The summed E-state index contributed by atoms with van der Waals surface area (Å²) in [5, 5.41) is 3.62. The van der Waals surface area contributed by atoms with Crippen LogP contribution in [0.25, 0.3) is 0 Å². The Morgan fingerprint density at radius 1 is 1.32 bits per heavy atom. The Balaban J connectivity index is 1.79. The van der Waals surface area contributed by atoms with Crippen LogP contribution < -0.4 is 5.32 Å². The largest absolute Gasteiger partial charge is 0.314 e. The number of hydrogen-bond donors (Lipinski definition) is 1. The summed E-state index contributed by atoms with van der Waals surface area (Å²) in [5.41, 5.74) is 3.19. The normalized spacial score (nSPS) is 23.6. The van der Waals surface area contributed by atoms with Crippen LogP contribution in [0.5, 0.6) is 0 Å². The maximum atomic E-state index is 4.30. The fourth-order valence-corrected chi connectivity index (χ4v) is 3.70. The summed E-state index contributed by atoms with van der Waals surface area (Å²) >= 11 is 0. The van der Waals surface area contributed by atoms with Gasteiger partial charge in [-0.25, -0.2) is 0 Å². The fraction of sp³-hybridized carbons (Fsp3) is 0.688. The van der Waals surface area contributed by atoms with Crippen LogP contribution in [0.15, 0.2) is 18.5 Å². The summed E-state index contributed by atoms with van der Waals surface area (Å²) in [7, 11) is 0. The van der Waals surface area contributed by atoms with Crippen molar-refractivity contribution in [3.05, 3.63) is 29.6 Å². The molecule has 2 aliphatic rings. The smallest absolute Gasteiger partial charge is 0.0338 e. The highest BCUT2D eigenvalue weighted by Crippen LogP contribution is 2.35. The van der Waals surface area contributed by atoms with Gasteiger partial charge in [0.25, 0.3) is 0 Å². The molecule has 19 heavy (non-hydrogen) atoms. The first-order valence-electron chi connectivity index (χ1n) is 7.65. The van der Waals surface area contributed by atoms with E-state index in [2.05, 4.69) is 28.2 Å². The van der Waals surface area contributed by atoms with E-state index in [-0.39, 0.29) is 0 Å². The standard InChI is InChI=1S/C16H25N3/c1-14-5-8-17-11-15(14)12-19-10-9-18-13-16(19)6-3-2-4-7-16/h5,8,11,18H,2-4,6-7,9-10,12-13H2,1H3. The van der Waals surface area contributed by atoms with Crippen molar-refractivity contribution in [3.63, 3.8) is 0 Å². The van der Waals surface area contributed by atoms with Crippen molar-refractivity contribution in [2.75, 3.05) is 19.6 Å². The van der Waals surface area contributed by atoms with E-state index in [1.54, 1.807) is 0 Å². The molecule has 0 radical (unpaired) electrons. The van der Waals surface area contributed by atoms with E-state index in [4.69, 9.17) is 0 Å². The highest BCUT2D eigenvalue weighted by Gasteiger charge is 2.39. The van der Waals surface area contributed by atoms with E-state index in [1.807, 2.05) is 12.4 Å². The molecule has 1 spiro atoms. The summed E-state index contributed by atoms with van der Waals surface area (Å²) in [6, 6.07) is 2.13. The van der Waals surface area contributed by atoms with Gasteiger partial charge in [-0.3, -0.25) is 9.88 Å². The molecule has 0 unspecified atom stereocenters. The predicted molar refractivity (Wildman–Crippen MR) is 78.1 cm³/mol.